The van der Waals surface area contributed by atoms with E-state index >= 15 is 0 Å². The Morgan fingerprint density at radius 3 is 2.59 bits per heavy atom. The molecular weight excluding hydrogens is 364 g/mol. The van der Waals surface area contributed by atoms with E-state index in [1.165, 1.54) is 12.0 Å². The molecule has 4 rings (SSSR count). The second kappa shape index (κ2) is 8.78. The van der Waals surface area contributed by atoms with Crippen LogP contribution < -0.4 is 14.8 Å². The van der Waals surface area contributed by atoms with Crippen molar-refractivity contribution in [2.45, 2.75) is 70.3 Å². The summed E-state index contributed by atoms with van der Waals surface area (Å²) in [7, 11) is 0. The summed E-state index contributed by atoms with van der Waals surface area (Å²) in [5.74, 6) is 1.76. The Morgan fingerprint density at radius 2 is 1.86 bits per heavy atom. The number of fused-ring (bicyclic) bond motifs is 1. The van der Waals surface area contributed by atoms with E-state index in [2.05, 4.69) is 36.2 Å². The van der Waals surface area contributed by atoms with Crippen molar-refractivity contribution in [2.24, 2.45) is 0 Å². The lowest BCUT2D eigenvalue weighted by molar-refractivity contribution is -0.129. The van der Waals surface area contributed by atoms with Crippen LogP contribution in [-0.2, 0) is 10.2 Å². The number of rotatable bonds is 5. The fourth-order valence-electron chi connectivity index (χ4n) is 4.89. The zero-order valence-electron chi connectivity index (χ0n) is 17.8. The zero-order valence-corrected chi connectivity index (χ0v) is 17.8. The summed E-state index contributed by atoms with van der Waals surface area (Å²) in [5, 5.41) is 3.43. The molecule has 2 fully saturated rings. The van der Waals surface area contributed by atoms with E-state index in [1.54, 1.807) is 0 Å². The van der Waals surface area contributed by atoms with Crippen LogP contribution in [0.15, 0.2) is 29.8 Å². The minimum absolute atomic E-state index is 0.207. The molecule has 0 radical (unpaired) electrons. The first-order valence-corrected chi connectivity index (χ1v) is 11.1. The second-order valence-electron chi connectivity index (χ2n) is 9.04. The van der Waals surface area contributed by atoms with Gasteiger partial charge in [0.1, 0.15) is 0 Å². The number of hydrogen-bond donors (Lipinski definition) is 1. The van der Waals surface area contributed by atoms with Crippen molar-refractivity contribution in [3.05, 3.63) is 35.4 Å². The van der Waals surface area contributed by atoms with Crippen LogP contribution >= 0.6 is 0 Å². The van der Waals surface area contributed by atoms with Crippen molar-refractivity contribution in [3.8, 4) is 11.5 Å². The van der Waals surface area contributed by atoms with Crippen LogP contribution in [0.5, 0.6) is 11.5 Å². The third-order valence-electron chi connectivity index (χ3n) is 6.75. The van der Waals surface area contributed by atoms with Crippen LogP contribution in [0.3, 0.4) is 0 Å². The molecule has 29 heavy (non-hydrogen) atoms. The van der Waals surface area contributed by atoms with Gasteiger partial charge in [-0.25, -0.2) is 0 Å². The van der Waals surface area contributed by atoms with Gasteiger partial charge in [0.15, 0.2) is 11.5 Å². The van der Waals surface area contributed by atoms with Crippen LogP contribution in [0.2, 0.25) is 0 Å². The third-order valence-corrected chi connectivity index (χ3v) is 6.75. The molecule has 158 valence electrons. The van der Waals surface area contributed by atoms with E-state index in [0.29, 0.717) is 0 Å². The standard InChI is InChI=1S/C24H34N2O3/c1-18(2)8-13-26-14-9-20(10-15-26)25-23(27)24(11-4-3-5-12-24)19-6-7-21-22(16-19)29-17-28-21/h6-8,16,20H,3-5,9-15,17H2,1-2H3,(H,25,27). The molecule has 1 saturated carbocycles. The SMILES string of the molecule is CC(C)=CCN1CCC(NC(=O)C2(c3ccc4c(c3)OCO4)CCCCC2)CC1. The highest BCUT2D eigenvalue weighted by atomic mass is 16.7. The molecule has 1 aliphatic carbocycles. The number of nitrogens with zero attached hydrogens (tertiary/aromatic N) is 1. The van der Waals surface area contributed by atoms with E-state index in [4.69, 9.17) is 9.47 Å². The molecule has 1 N–H and O–H groups in total. The number of hydrogen-bond acceptors (Lipinski definition) is 4. The smallest absolute Gasteiger partial charge is 0.231 e. The van der Waals surface area contributed by atoms with Crippen LogP contribution in [0.1, 0.15) is 64.4 Å². The maximum atomic E-state index is 13.6. The summed E-state index contributed by atoms with van der Waals surface area (Å²) in [6.07, 6.45) is 9.58. The molecule has 2 aliphatic heterocycles. The highest BCUT2D eigenvalue weighted by Gasteiger charge is 2.42. The van der Waals surface area contributed by atoms with E-state index in [-0.39, 0.29) is 18.7 Å². The maximum Gasteiger partial charge on any atom is 0.231 e. The van der Waals surface area contributed by atoms with Gasteiger partial charge in [-0.05, 0) is 57.2 Å². The topological polar surface area (TPSA) is 50.8 Å². The van der Waals surface area contributed by atoms with Crippen LogP contribution in [0.25, 0.3) is 0 Å². The molecule has 5 heteroatoms. The summed E-state index contributed by atoms with van der Waals surface area (Å²) in [6, 6.07) is 6.34. The van der Waals surface area contributed by atoms with Crippen LogP contribution in [-0.4, -0.2) is 43.3 Å². The number of likely N-dealkylation sites (tertiary alicyclic amines) is 1. The zero-order chi connectivity index (χ0) is 20.3. The van der Waals surface area contributed by atoms with Crippen LogP contribution in [0, 0.1) is 0 Å². The Morgan fingerprint density at radius 1 is 1.14 bits per heavy atom. The lowest BCUT2D eigenvalue weighted by Gasteiger charge is -2.39. The van der Waals surface area contributed by atoms with Gasteiger partial charge in [-0.15, -0.1) is 0 Å². The Labute approximate surface area is 174 Å². The molecule has 0 spiro atoms. The largest absolute Gasteiger partial charge is 0.454 e. The first-order chi connectivity index (χ1) is 14.1. The van der Waals surface area contributed by atoms with Crippen molar-refractivity contribution in [3.63, 3.8) is 0 Å². The first-order valence-electron chi connectivity index (χ1n) is 11.1. The molecule has 2 heterocycles. The number of ether oxygens (including phenoxy) is 2. The molecule has 0 aromatic heterocycles. The van der Waals surface area contributed by atoms with Crippen LogP contribution in [0.4, 0.5) is 0 Å². The van der Waals surface area contributed by atoms with Gasteiger partial charge in [-0.2, -0.15) is 0 Å². The predicted octanol–water partition coefficient (Wildman–Crippen LogP) is 4.16. The van der Waals surface area contributed by atoms with E-state index in [0.717, 1.165) is 75.2 Å². The van der Waals surface area contributed by atoms with Crippen molar-refractivity contribution in [1.82, 2.24) is 10.2 Å². The van der Waals surface area contributed by atoms with Crippen molar-refractivity contribution >= 4 is 5.91 Å². The van der Waals surface area contributed by atoms with Gasteiger partial charge >= 0.3 is 0 Å². The fourth-order valence-corrected chi connectivity index (χ4v) is 4.89. The van der Waals surface area contributed by atoms with Crippen molar-refractivity contribution < 1.29 is 14.3 Å². The van der Waals surface area contributed by atoms with E-state index in [1.807, 2.05) is 12.1 Å². The quantitative estimate of drug-likeness (QED) is 0.757. The van der Waals surface area contributed by atoms with E-state index < -0.39 is 5.41 Å². The molecule has 3 aliphatic rings. The lowest BCUT2D eigenvalue weighted by atomic mass is 9.68. The molecule has 0 unspecified atom stereocenters. The Balaban J connectivity index is 1.44. The Bertz CT molecular complexity index is 755. The molecule has 0 bridgehead atoms. The monoisotopic (exact) mass is 398 g/mol. The molecule has 1 amide bonds. The normalized spacial score (nSPS) is 21.6. The predicted molar refractivity (Wildman–Crippen MR) is 114 cm³/mol. The Kier molecular flexibility index (Phi) is 6.14. The highest BCUT2D eigenvalue weighted by Crippen LogP contribution is 2.43. The number of carbonyl (C=O) groups excluding carboxylic acids is 1. The number of benzene rings is 1. The summed E-state index contributed by atoms with van der Waals surface area (Å²) < 4.78 is 11.1. The number of nitrogens with one attached hydrogen (secondary N) is 1. The van der Waals surface area contributed by atoms with Gasteiger partial charge in [0.2, 0.25) is 12.7 Å². The van der Waals surface area contributed by atoms with Gasteiger partial charge in [0.25, 0.3) is 0 Å². The lowest BCUT2D eigenvalue weighted by Crippen LogP contribution is -2.52. The van der Waals surface area contributed by atoms with Crippen molar-refractivity contribution in [2.75, 3.05) is 26.4 Å². The average molecular weight is 399 g/mol. The number of amides is 1. The van der Waals surface area contributed by atoms with Crippen molar-refractivity contribution in [1.29, 1.82) is 0 Å². The molecule has 0 atom stereocenters. The fraction of sp³-hybridized carbons (Fsp3) is 0.625. The summed E-state index contributed by atoms with van der Waals surface area (Å²) in [4.78, 5) is 16.1. The first kappa shape index (κ1) is 20.3. The third kappa shape index (κ3) is 4.45. The molecular formula is C24H34N2O3. The second-order valence-corrected chi connectivity index (χ2v) is 9.04. The van der Waals surface area contributed by atoms with Gasteiger partial charge < -0.3 is 14.8 Å². The van der Waals surface area contributed by atoms with Gasteiger partial charge in [0, 0.05) is 25.7 Å². The minimum atomic E-state index is -0.432. The number of piperidine rings is 1. The summed E-state index contributed by atoms with van der Waals surface area (Å²) >= 11 is 0. The van der Waals surface area contributed by atoms with Gasteiger partial charge in [-0.1, -0.05) is 37.0 Å². The Hall–Kier alpha value is -2.01. The maximum absolute atomic E-state index is 13.6. The average Bonchev–Trinajstić information content (AvgIpc) is 3.21. The molecule has 1 saturated heterocycles. The summed E-state index contributed by atoms with van der Waals surface area (Å²) in [6.45, 7) is 7.67. The highest BCUT2D eigenvalue weighted by molar-refractivity contribution is 5.89. The summed E-state index contributed by atoms with van der Waals surface area (Å²) in [5.41, 5.74) is 2.02. The van der Waals surface area contributed by atoms with E-state index in [9.17, 15) is 4.79 Å². The number of carbonyl (C=O) groups is 1. The molecule has 1 aromatic rings. The molecule has 5 nitrogen and oxygen atoms in total. The minimum Gasteiger partial charge on any atom is -0.454 e. The molecule has 1 aromatic carbocycles. The number of allylic oxidation sites excluding steroid dienone is 1. The van der Waals surface area contributed by atoms with Gasteiger partial charge in [0.05, 0.1) is 5.41 Å². The van der Waals surface area contributed by atoms with Gasteiger partial charge in [-0.3, -0.25) is 9.69 Å².